The maximum Gasteiger partial charge on any atom is 0.0574 e. The first-order chi connectivity index (χ1) is 7.33. The minimum atomic E-state index is 0.652. The van der Waals surface area contributed by atoms with Crippen LogP contribution in [0.25, 0.3) is 0 Å². The Balaban J connectivity index is 2.19. The van der Waals surface area contributed by atoms with E-state index in [-0.39, 0.29) is 0 Å². The highest BCUT2D eigenvalue weighted by atomic mass is 15.1. The summed E-state index contributed by atoms with van der Waals surface area (Å²) < 4.78 is 0. The van der Waals surface area contributed by atoms with Crippen molar-refractivity contribution in [2.45, 2.75) is 6.54 Å². The van der Waals surface area contributed by atoms with Crippen molar-refractivity contribution in [3.05, 3.63) is 35.9 Å². The van der Waals surface area contributed by atoms with Crippen LogP contribution >= 0.6 is 0 Å². The van der Waals surface area contributed by atoms with E-state index in [1.54, 1.807) is 0 Å². The van der Waals surface area contributed by atoms with Gasteiger partial charge in [0.25, 0.3) is 0 Å². The second kappa shape index (κ2) is 7.05. The van der Waals surface area contributed by atoms with Crippen LogP contribution in [0.5, 0.6) is 0 Å². The van der Waals surface area contributed by atoms with Gasteiger partial charge in [-0.3, -0.25) is 0 Å². The Morgan fingerprint density at radius 2 is 2.07 bits per heavy atom. The van der Waals surface area contributed by atoms with Crippen molar-refractivity contribution >= 4 is 0 Å². The summed E-state index contributed by atoms with van der Waals surface area (Å²) in [4.78, 5) is 2.28. The summed E-state index contributed by atoms with van der Waals surface area (Å²) in [6.45, 7) is 3.59. The number of likely N-dealkylation sites (N-methyl/N-ethyl adjacent to an activating group) is 1. The molecule has 0 atom stereocenters. The van der Waals surface area contributed by atoms with E-state index in [9.17, 15) is 0 Å². The van der Waals surface area contributed by atoms with Crippen molar-refractivity contribution in [3.63, 3.8) is 0 Å². The summed E-state index contributed by atoms with van der Waals surface area (Å²) in [5, 5.41) is 3.17. The van der Waals surface area contributed by atoms with Crippen LogP contribution in [0.3, 0.4) is 0 Å². The van der Waals surface area contributed by atoms with Crippen molar-refractivity contribution < 1.29 is 0 Å². The highest BCUT2D eigenvalue weighted by Gasteiger charge is 1.98. The third-order valence-corrected chi connectivity index (χ3v) is 2.19. The van der Waals surface area contributed by atoms with Crippen molar-refractivity contribution in [2.75, 3.05) is 26.7 Å². The molecule has 1 N–H and O–H groups in total. The van der Waals surface area contributed by atoms with E-state index < -0.39 is 0 Å². The second-order valence-electron chi connectivity index (χ2n) is 3.60. The van der Waals surface area contributed by atoms with Crippen molar-refractivity contribution in [1.82, 2.24) is 10.2 Å². The summed E-state index contributed by atoms with van der Waals surface area (Å²) in [5.41, 5.74) is 1.34. The Labute approximate surface area is 92.3 Å². The Morgan fingerprint density at radius 3 is 2.73 bits per heavy atom. The Hall–Kier alpha value is -1.30. The molecule has 0 aliphatic carbocycles. The lowest BCUT2D eigenvalue weighted by molar-refractivity contribution is 0.327. The lowest BCUT2D eigenvalue weighted by Crippen LogP contribution is -2.29. The molecule has 2 nitrogen and oxygen atoms in total. The number of nitrogens with zero attached hydrogens (tertiary/aromatic N) is 1. The van der Waals surface area contributed by atoms with Crippen LogP contribution in [0.4, 0.5) is 0 Å². The average molecular weight is 202 g/mol. The van der Waals surface area contributed by atoms with Crippen LogP contribution in [0.1, 0.15) is 5.56 Å². The fourth-order valence-corrected chi connectivity index (χ4v) is 1.40. The van der Waals surface area contributed by atoms with Gasteiger partial charge in [-0.2, -0.15) is 0 Å². The minimum absolute atomic E-state index is 0.652. The molecule has 0 fully saturated rings. The van der Waals surface area contributed by atoms with Gasteiger partial charge in [-0.05, 0) is 12.6 Å². The standard InChI is InChI=1S/C13H18N2/c1-3-9-14-10-11-15(2)12-13-7-5-4-6-8-13/h1,4-8,14H,9-12H2,2H3. The molecule has 0 saturated carbocycles. The SMILES string of the molecule is C#CCNCCN(C)Cc1ccccc1. The molecule has 1 aromatic carbocycles. The molecule has 0 radical (unpaired) electrons. The third-order valence-electron chi connectivity index (χ3n) is 2.19. The predicted molar refractivity (Wildman–Crippen MR) is 64.5 cm³/mol. The van der Waals surface area contributed by atoms with E-state index in [0.717, 1.165) is 19.6 Å². The monoisotopic (exact) mass is 202 g/mol. The lowest BCUT2D eigenvalue weighted by Gasteiger charge is -2.16. The molecule has 0 saturated heterocycles. The molecule has 0 spiro atoms. The molecule has 0 unspecified atom stereocenters. The van der Waals surface area contributed by atoms with E-state index in [2.05, 4.69) is 47.5 Å². The van der Waals surface area contributed by atoms with Crippen molar-refractivity contribution in [1.29, 1.82) is 0 Å². The number of hydrogen-bond donors (Lipinski definition) is 1. The quantitative estimate of drug-likeness (QED) is 0.553. The van der Waals surface area contributed by atoms with Crippen LogP contribution in [0, 0.1) is 12.3 Å². The van der Waals surface area contributed by atoms with Gasteiger partial charge in [0.2, 0.25) is 0 Å². The summed E-state index contributed by atoms with van der Waals surface area (Å²) in [6.07, 6.45) is 5.14. The van der Waals surface area contributed by atoms with E-state index >= 15 is 0 Å². The first-order valence-corrected chi connectivity index (χ1v) is 5.19. The number of rotatable bonds is 6. The molecule has 0 heterocycles. The van der Waals surface area contributed by atoms with Crippen LogP contribution in [0.2, 0.25) is 0 Å². The van der Waals surface area contributed by atoms with Crippen LogP contribution in [-0.2, 0) is 6.54 Å². The molecular weight excluding hydrogens is 184 g/mol. The number of nitrogens with one attached hydrogen (secondary N) is 1. The van der Waals surface area contributed by atoms with Crippen molar-refractivity contribution in [3.8, 4) is 12.3 Å². The van der Waals surface area contributed by atoms with Gasteiger partial charge in [0.1, 0.15) is 0 Å². The van der Waals surface area contributed by atoms with Crippen LogP contribution in [-0.4, -0.2) is 31.6 Å². The Bertz CT molecular complexity index is 300. The van der Waals surface area contributed by atoms with Gasteiger partial charge in [0.15, 0.2) is 0 Å². The first kappa shape index (κ1) is 11.8. The van der Waals surface area contributed by atoms with E-state index in [4.69, 9.17) is 6.42 Å². The van der Waals surface area contributed by atoms with Crippen molar-refractivity contribution in [2.24, 2.45) is 0 Å². The average Bonchev–Trinajstić information content (AvgIpc) is 2.26. The molecule has 15 heavy (non-hydrogen) atoms. The topological polar surface area (TPSA) is 15.3 Å². The van der Waals surface area contributed by atoms with Gasteiger partial charge >= 0.3 is 0 Å². The summed E-state index contributed by atoms with van der Waals surface area (Å²) in [7, 11) is 2.12. The molecule has 0 aliphatic heterocycles. The fourth-order valence-electron chi connectivity index (χ4n) is 1.40. The predicted octanol–water partition coefficient (Wildman–Crippen LogP) is 1.34. The molecule has 80 valence electrons. The molecule has 0 aromatic heterocycles. The zero-order valence-corrected chi connectivity index (χ0v) is 9.24. The smallest absolute Gasteiger partial charge is 0.0574 e. The second-order valence-corrected chi connectivity index (χ2v) is 3.60. The largest absolute Gasteiger partial charge is 0.305 e. The molecule has 2 heteroatoms. The minimum Gasteiger partial charge on any atom is -0.305 e. The maximum atomic E-state index is 5.14. The highest BCUT2D eigenvalue weighted by molar-refractivity contribution is 5.14. The third kappa shape index (κ3) is 5.21. The highest BCUT2D eigenvalue weighted by Crippen LogP contribution is 2.01. The Kier molecular flexibility index (Phi) is 5.54. The maximum absolute atomic E-state index is 5.14. The van der Waals surface area contributed by atoms with E-state index in [1.807, 2.05) is 6.07 Å². The molecule has 0 bridgehead atoms. The molecule has 1 aromatic rings. The molecule has 0 aliphatic rings. The van der Waals surface area contributed by atoms with Gasteiger partial charge in [0.05, 0.1) is 6.54 Å². The summed E-state index contributed by atoms with van der Waals surface area (Å²) in [5.74, 6) is 2.56. The van der Waals surface area contributed by atoms with Crippen LogP contribution < -0.4 is 5.32 Å². The van der Waals surface area contributed by atoms with Gasteiger partial charge < -0.3 is 10.2 Å². The van der Waals surface area contributed by atoms with Crippen LogP contribution in [0.15, 0.2) is 30.3 Å². The first-order valence-electron chi connectivity index (χ1n) is 5.19. The molecule has 0 amide bonds. The van der Waals surface area contributed by atoms with E-state index in [1.165, 1.54) is 5.56 Å². The van der Waals surface area contributed by atoms with Gasteiger partial charge in [-0.15, -0.1) is 6.42 Å². The van der Waals surface area contributed by atoms with Gasteiger partial charge in [-0.1, -0.05) is 36.3 Å². The van der Waals surface area contributed by atoms with Gasteiger partial charge in [-0.25, -0.2) is 0 Å². The molecule has 1 rings (SSSR count). The zero-order chi connectivity index (χ0) is 10.9. The molecular formula is C13H18N2. The number of benzene rings is 1. The zero-order valence-electron chi connectivity index (χ0n) is 9.24. The normalized spacial score (nSPS) is 10.2. The fraction of sp³-hybridized carbons (Fsp3) is 0.385. The number of terminal acetylenes is 1. The number of hydrogen-bond acceptors (Lipinski definition) is 2. The summed E-state index contributed by atoms with van der Waals surface area (Å²) in [6, 6.07) is 10.5. The van der Waals surface area contributed by atoms with Gasteiger partial charge in [0, 0.05) is 19.6 Å². The van der Waals surface area contributed by atoms with E-state index in [0.29, 0.717) is 6.54 Å². The Morgan fingerprint density at radius 1 is 1.33 bits per heavy atom. The lowest BCUT2D eigenvalue weighted by atomic mass is 10.2. The summed E-state index contributed by atoms with van der Waals surface area (Å²) >= 11 is 0.